The third kappa shape index (κ3) is 3.06. The summed E-state index contributed by atoms with van der Waals surface area (Å²) in [6.07, 6.45) is 9.71. The molecule has 5 aliphatic rings. The quantitative estimate of drug-likeness (QED) is 0.798. The van der Waals surface area contributed by atoms with Crippen molar-refractivity contribution in [3.05, 3.63) is 11.6 Å². The van der Waals surface area contributed by atoms with Crippen molar-refractivity contribution in [2.24, 2.45) is 17.3 Å². The molecule has 1 aliphatic heterocycles. The molecule has 25 heavy (non-hydrogen) atoms. The molecule has 0 aromatic carbocycles. The second kappa shape index (κ2) is 6.38. The zero-order chi connectivity index (χ0) is 17.7. The Morgan fingerprint density at radius 1 is 1.40 bits per heavy atom. The van der Waals surface area contributed by atoms with Gasteiger partial charge in [-0.15, -0.1) is 0 Å². The smallest absolute Gasteiger partial charge is 0.217 e. The first kappa shape index (κ1) is 17.5. The van der Waals surface area contributed by atoms with Gasteiger partial charge in [-0.1, -0.05) is 38.3 Å². The average molecular weight is 347 g/mol. The highest BCUT2D eigenvalue weighted by Crippen LogP contribution is 2.59. The number of nitrogens with zero attached hydrogens (tertiary/aromatic N) is 1. The Labute approximate surface area is 152 Å². The van der Waals surface area contributed by atoms with Crippen LogP contribution in [0.25, 0.3) is 0 Å². The highest BCUT2D eigenvalue weighted by atomic mass is 16.5. The lowest BCUT2D eigenvalue weighted by Crippen LogP contribution is -2.64. The van der Waals surface area contributed by atoms with Crippen LogP contribution in [0.4, 0.5) is 0 Å². The lowest BCUT2D eigenvalue weighted by molar-refractivity contribution is -0.149. The fraction of sp³-hybridized carbons (Fsp3) is 0.857. The Bertz CT molecular complexity index is 566. The number of allylic oxidation sites excluding steroid dienone is 1. The Balaban J connectivity index is 1.45. The van der Waals surface area contributed by atoms with Crippen LogP contribution in [0.5, 0.6) is 0 Å². The lowest BCUT2D eigenvalue weighted by Gasteiger charge is -2.57. The second-order valence-electron chi connectivity index (χ2n) is 9.44. The van der Waals surface area contributed by atoms with Crippen LogP contribution in [0.15, 0.2) is 11.6 Å². The molecule has 1 saturated heterocycles. The van der Waals surface area contributed by atoms with E-state index in [0.29, 0.717) is 5.41 Å². The van der Waals surface area contributed by atoms with E-state index in [2.05, 4.69) is 30.1 Å². The number of carbonyl (C=O) groups excluding carboxylic acids is 1. The molecule has 2 unspecified atom stereocenters. The summed E-state index contributed by atoms with van der Waals surface area (Å²) in [7, 11) is 0. The topological polar surface area (TPSA) is 41.6 Å². The summed E-state index contributed by atoms with van der Waals surface area (Å²) in [4.78, 5) is 14.3. The second-order valence-corrected chi connectivity index (χ2v) is 9.44. The van der Waals surface area contributed by atoms with E-state index in [4.69, 9.17) is 4.74 Å². The number of hydrogen-bond donors (Lipinski definition) is 1. The zero-order valence-electron chi connectivity index (χ0n) is 16.1. The van der Waals surface area contributed by atoms with Crippen LogP contribution in [0.1, 0.15) is 59.3 Å². The van der Waals surface area contributed by atoms with Crippen LogP contribution in [0.3, 0.4) is 0 Å². The lowest BCUT2D eigenvalue weighted by atomic mass is 9.49. The minimum Gasteiger partial charge on any atom is -0.370 e. The summed E-state index contributed by atoms with van der Waals surface area (Å²) >= 11 is 0. The van der Waals surface area contributed by atoms with E-state index in [1.165, 1.54) is 25.7 Å². The van der Waals surface area contributed by atoms with Gasteiger partial charge in [0, 0.05) is 26.6 Å². The number of nitrogens with one attached hydrogen (secondary N) is 1. The van der Waals surface area contributed by atoms with Gasteiger partial charge >= 0.3 is 0 Å². The number of fused-ring (bicyclic) bond motifs is 1. The molecular weight excluding hydrogens is 312 g/mol. The molecule has 1 N–H and O–H groups in total. The van der Waals surface area contributed by atoms with Crippen molar-refractivity contribution in [3.8, 4) is 0 Å². The van der Waals surface area contributed by atoms with E-state index in [9.17, 15) is 4.79 Å². The molecule has 4 heteroatoms. The van der Waals surface area contributed by atoms with Crippen LogP contribution in [0, 0.1) is 17.3 Å². The molecule has 4 atom stereocenters. The van der Waals surface area contributed by atoms with E-state index < -0.39 is 0 Å². The molecule has 140 valence electrons. The fourth-order valence-electron chi connectivity index (χ4n) is 5.95. The Morgan fingerprint density at radius 2 is 2.24 bits per heavy atom. The minimum absolute atomic E-state index is 0.0734. The number of ether oxygens (including phenoxy) is 1. The molecule has 0 aromatic rings. The van der Waals surface area contributed by atoms with Gasteiger partial charge in [0.2, 0.25) is 5.91 Å². The molecule has 0 aromatic heterocycles. The van der Waals surface area contributed by atoms with Gasteiger partial charge in [-0.2, -0.15) is 0 Å². The number of carbonyl (C=O) groups is 1. The van der Waals surface area contributed by atoms with E-state index in [0.717, 1.165) is 50.9 Å². The molecule has 2 saturated carbocycles. The van der Waals surface area contributed by atoms with Crippen LogP contribution >= 0.6 is 0 Å². The average Bonchev–Trinajstić information content (AvgIpc) is 2.57. The maximum Gasteiger partial charge on any atom is 0.217 e. The van der Waals surface area contributed by atoms with Gasteiger partial charge in [-0.3, -0.25) is 9.69 Å². The molecule has 2 bridgehead atoms. The van der Waals surface area contributed by atoms with E-state index >= 15 is 0 Å². The van der Waals surface area contributed by atoms with Crippen molar-refractivity contribution in [3.63, 3.8) is 0 Å². The van der Waals surface area contributed by atoms with E-state index in [1.807, 2.05) is 0 Å². The first-order chi connectivity index (χ1) is 11.9. The van der Waals surface area contributed by atoms with Crippen LogP contribution in [0.2, 0.25) is 0 Å². The minimum atomic E-state index is -0.172. The molecule has 3 fully saturated rings. The van der Waals surface area contributed by atoms with Gasteiger partial charge < -0.3 is 10.1 Å². The van der Waals surface area contributed by atoms with Gasteiger partial charge in [0.15, 0.2) is 0 Å². The van der Waals surface area contributed by atoms with E-state index in [1.54, 1.807) is 12.5 Å². The fourth-order valence-corrected chi connectivity index (χ4v) is 5.95. The summed E-state index contributed by atoms with van der Waals surface area (Å²) in [5, 5.41) is 3.19. The van der Waals surface area contributed by atoms with Gasteiger partial charge in [0.1, 0.15) is 5.60 Å². The predicted octanol–water partition coefficient (Wildman–Crippen LogP) is 3.13. The summed E-state index contributed by atoms with van der Waals surface area (Å²) in [5.41, 5.74) is 1.99. The first-order valence-corrected chi connectivity index (χ1v) is 10.2. The Morgan fingerprint density at radius 3 is 2.96 bits per heavy atom. The summed E-state index contributed by atoms with van der Waals surface area (Å²) in [6.45, 7) is 10.4. The molecule has 4 nitrogen and oxygen atoms in total. The van der Waals surface area contributed by atoms with E-state index in [-0.39, 0.29) is 17.6 Å². The molecule has 1 amide bonds. The molecule has 4 aliphatic carbocycles. The van der Waals surface area contributed by atoms with Crippen molar-refractivity contribution in [2.75, 3.05) is 26.2 Å². The van der Waals surface area contributed by atoms with Crippen molar-refractivity contribution >= 4 is 5.91 Å². The third-order valence-electron chi connectivity index (χ3n) is 7.63. The molecule has 1 heterocycles. The Kier molecular flexibility index (Phi) is 4.48. The van der Waals surface area contributed by atoms with Gasteiger partial charge in [-0.05, 0) is 42.9 Å². The van der Waals surface area contributed by atoms with Gasteiger partial charge in [0.05, 0.1) is 12.6 Å². The number of rotatable bonds is 3. The van der Waals surface area contributed by atoms with Crippen LogP contribution in [-0.2, 0) is 9.53 Å². The van der Waals surface area contributed by atoms with Gasteiger partial charge in [-0.25, -0.2) is 0 Å². The van der Waals surface area contributed by atoms with Crippen molar-refractivity contribution < 1.29 is 9.53 Å². The SMILES string of the molecule is CC(=O)NC1CCCCC12CN(CC1=CC[C@H]3C[C@@H]1C3(C)C)CCO2. The number of hydrogen-bond acceptors (Lipinski definition) is 3. The van der Waals surface area contributed by atoms with Crippen molar-refractivity contribution in [1.29, 1.82) is 0 Å². The third-order valence-corrected chi connectivity index (χ3v) is 7.63. The van der Waals surface area contributed by atoms with Crippen LogP contribution < -0.4 is 5.32 Å². The van der Waals surface area contributed by atoms with Crippen LogP contribution in [-0.4, -0.2) is 48.7 Å². The zero-order valence-corrected chi connectivity index (χ0v) is 16.1. The molecule has 0 radical (unpaired) electrons. The normalized spacial score (nSPS) is 40.3. The van der Waals surface area contributed by atoms with Crippen molar-refractivity contribution in [1.82, 2.24) is 10.2 Å². The largest absolute Gasteiger partial charge is 0.370 e. The molecule has 1 spiro atoms. The summed E-state index contributed by atoms with van der Waals surface area (Å²) in [6, 6.07) is 0.173. The highest BCUT2D eigenvalue weighted by molar-refractivity contribution is 5.73. The maximum absolute atomic E-state index is 11.7. The summed E-state index contributed by atoms with van der Waals surface area (Å²) < 4.78 is 6.34. The maximum atomic E-state index is 11.7. The van der Waals surface area contributed by atoms with Gasteiger partial charge in [0.25, 0.3) is 0 Å². The number of morpholine rings is 1. The number of amides is 1. The first-order valence-electron chi connectivity index (χ1n) is 10.2. The monoisotopic (exact) mass is 346 g/mol. The predicted molar refractivity (Wildman–Crippen MR) is 99.3 cm³/mol. The van der Waals surface area contributed by atoms with Crippen molar-refractivity contribution in [2.45, 2.75) is 70.9 Å². The molecule has 5 rings (SSSR count). The Hall–Kier alpha value is -0.870. The molecular formula is C21H34N2O2. The summed E-state index contributed by atoms with van der Waals surface area (Å²) in [5.74, 6) is 1.76. The highest BCUT2D eigenvalue weighted by Gasteiger charge is 2.52. The standard InChI is InChI=1S/C21H34N2O2/c1-15(24)22-19-6-4-5-9-21(19)14-23(10-11-25-21)13-16-7-8-17-12-18(16)20(17,2)3/h7,17-19H,4-6,8-14H2,1-3H3,(H,22,24)/t17-,18-,19?,21?/m0/s1.